The summed E-state index contributed by atoms with van der Waals surface area (Å²) in [5.74, 6) is -0.823. The third-order valence-electron chi connectivity index (χ3n) is 11.9. The quantitative estimate of drug-likeness (QED) is 0.156. The van der Waals surface area contributed by atoms with Gasteiger partial charge in [-0.3, -0.25) is 24.3 Å². The summed E-state index contributed by atoms with van der Waals surface area (Å²) in [6.45, 7) is 14.6. The standard InChI is InChI=1S/C39H59N7O6.C3H8.C2H6/c1-7-24(2)36(45(4)34(48)23-40-39(50)35-27-15-16-28(21-27)42-35)32(51-5)22-33(47)46-19-11-14-31(46)37(52-6)25(3)38(49)43-30(29-17-18-41-44-29)20-26-12-9-8-10-13-26;1-3-2;1-2/h8-10,12-13,17-18,24-25,27-28,30-32,35-37,42H,7,11,14-16,19-23H2,1-6H3,(H,40,50)(H,41,44)(H,43,49);3H2,1-2H3;1-2H3/t24?,25?,27?,28?,30-,31?,32?,35?,36?,37?;;/m0../s1. The van der Waals surface area contributed by atoms with Crippen LogP contribution in [0.4, 0.5) is 0 Å². The molecule has 13 nitrogen and oxygen atoms in total. The zero-order valence-corrected chi connectivity index (χ0v) is 36.4. The highest BCUT2D eigenvalue weighted by atomic mass is 16.5. The molecule has 1 aromatic heterocycles. The molecule has 3 heterocycles. The topological polar surface area (TPSA) is 158 Å². The van der Waals surface area contributed by atoms with Crippen LogP contribution >= 0.6 is 0 Å². The summed E-state index contributed by atoms with van der Waals surface area (Å²) >= 11 is 0. The fraction of sp³-hybridized carbons (Fsp3) is 0.705. The summed E-state index contributed by atoms with van der Waals surface area (Å²) < 4.78 is 12.0. The summed E-state index contributed by atoms with van der Waals surface area (Å²) in [6.07, 6.45) is 7.89. The van der Waals surface area contributed by atoms with Crippen molar-refractivity contribution in [1.29, 1.82) is 0 Å². The summed E-state index contributed by atoms with van der Waals surface area (Å²) in [4.78, 5) is 57.8. The molecule has 10 atom stereocenters. The number of amides is 4. The molecule has 13 heteroatoms. The lowest BCUT2D eigenvalue weighted by molar-refractivity contribution is -0.146. The van der Waals surface area contributed by atoms with Gasteiger partial charge in [0, 0.05) is 40.1 Å². The Balaban J connectivity index is 0.00000166. The average Bonchev–Trinajstić information content (AvgIpc) is 4.08. The van der Waals surface area contributed by atoms with Crippen molar-refractivity contribution in [2.24, 2.45) is 17.8 Å². The van der Waals surface area contributed by atoms with E-state index < -0.39 is 24.2 Å². The Morgan fingerprint density at radius 3 is 2.26 bits per heavy atom. The van der Waals surface area contributed by atoms with Crippen LogP contribution in [0.25, 0.3) is 0 Å². The highest BCUT2D eigenvalue weighted by Crippen LogP contribution is 2.35. The number of rotatable bonds is 18. The van der Waals surface area contributed by atoms with Crippen molar-refractivity contribution < 1.29 is 28.7 Å². The fourth-order valence-electron chi connectivity index (χ4n) is 8.73. The van der Waals surface area contributed by atoms with Gasteiger partial charge >= 0.3 is 0 Å². The number of fused-ring (bicyclic) bond motifs is 2. The van der Waals surface area contributed by atoms with E-state index in [9.17, 15) is 19.2 Å². The number of aromatic nitrogens is 2. The highest BCUT2D eigenvalue weighted by molar-refractivity contribution is 5.88. The van der Waals surface area contributed by atoms with E-state index in [0.717, 1.165) is 43.4 Å². The zero-order valence-electron chi connectivity index (χ0n) is 36.4. The van der Waals surface area contributed by atoms with Gasteiger partial charge in [-0.2, -0.15) is 5.10 Å². The third kappa shape index (κ3) is 12.8. The minimum absolute atomic E-state index is 0.0261. The van der Waals surface area contributed by atoms with Crippen molar-refractivity contribution in [1.82, 2.24) is 35.9 Å². The molecule has 2 aliphatic heterocycles. The van der Waals surface area contributed by atoms with Gasteiger partial charge in [0.25, 0.3) is 0 Å². The normalized spacial score (nSPS) is 22.7. The number of piperidine rings is 1. The lowest BCUT2D eigenvalue weighted by Crippen LogP contribution is -2.55. The van der Waals surface area contributed by atoms with Crippen LogP contribution in [0.3, 0.4) is 0 Å². The first-order valence-corrected chi connectivity index (χ1v) is 21.5. The van der Waals surface area contributed by atoms with Crippen molar-refractivity contribution in [3.63, 3.8) is 0 Å². The summed E-state index contributed by atoms with van der Waals surface area (Å²) in [7, 11) is 4.90. The Hall–Kier alpha value is -3.81. The Morgan fingerprint density at radius 2 is 1.70 bits per heavy atom. The van der Waals surface area contributed by atoms with Crippen LogP contribution < -0.4 is 16.0 Å². The van der Waals surface area contributed by atoms with E-state index in [1.807, 2.05) is 62.1 Å². The van der Waals surface area contributed by atoms with E-state index in [1.165, 1.54) is 6.42 Å². The van der Waals surface area contributed by atoms with Crippen LogP contribution in [0.5, 0.6) is 0 Å². The number of benzene rings is 1. The third-order valence-corrected chi connectivity index (χ3v) is 11.9. The molecule has 1 saturated carbocycles. The molecule has 1 aromatic carbocycles. The van der Waals surface area contributed by atoms with E-state index in [1.54, 1.807) is 32.4 Å². The number of likely N-dealkylation sites (N-methyl/N-ethyl adjacent to an activating group) is 1. The summed E-state index contributed by atoms with van der Waals surface area (Å²) in [5.41, 5.74) is 1.89. The number of H-pyrrole nitrogens is 1. The number of methoxy groups -OCH3 is 2. The molecule has 0 radical (unpaired) electrons. The largest absolute Gasteiger partial charge is 0.379 e. The number of aromatic amines is 1. The second-order valence-electron chi connectivity index (χ2n) is 15.7. The van der Waals surface area contributed by atoms with Gasteiger partial charge < -0.3 is 35.2 Å². The van der Waals surface area contributed by atoms with Crippen LogP contribution in [0.15, 0.2) is 42.6 Å². The van der Waals surface area contributed by atoms with Gasteiger partial charge in [-0.1, -0.05) is 91.6 Å². The molecule has 1 aliphatic carbocycles. The van der Waals surface area contributed by atoms with Gasteiger partial charge in [-0.05, 0) is 62.0 Å². The molecular weight excluding hydrogens is 723 g/mol. The molecule has 2 saturated heterocycles. The summed E-state index contributed by atoms with van der Waals surface area (Å²) in [5, 5.41) is 16.6. The number of hydrogen-bond donors (Lipinski definition) is 4. The summed E-state index contributed by atoms with van der Waals surface area (Å²) in [6, 6.07) is 11.0. The molecule has 57 heavy (non-hydrogen) atoms. The van der Waals surface area contributed by atoms with Gasteiger partial charge in [-0.25, -0.2) is 0 Å². The number of nitrogens with zero attached hydrogens (tertiary/aromatic N) is 3. The van der Waals surface area contributed by atoms with E-state index in [0.29, 0.717) is 31.3 Å². The van der Waals surface area contributed by atoms with E-state index in [-0.39, 0.29) is 60.6 Å². The lowest BCUT2D eigenvalue weighted by Gasteiger charge is -2.39. The van der Waals surface area contributed by atoms with E-state index in [4.69, 9.17) is 9.47 Å². The first-order chi connectivity index (χ1) is 27.5. The van der Waals surface area contributed by atoms with Crippen LogP contribution in [0, 0.1) is 17.8 Å². The van der Waals surface area contributed by atoms with Gasteiger partial charge in [0.05, 0.1) is 61.0 Å². The minimum atomic E-state index is -0.574. The van der Waals surface area contributed by atoms with Gasteiger partial charge in [0.1, 0.15) is 0 Å². The molecule has 2 bridgehead atoms. The molecular formula is C44H73N7O6. The maximum Gasteiger partial charge on any atom is 0.242 e. The Kier molecular flexibility index (Phi) is 20.2. The molecule has 5 rings (SSSR count). The van der Waals surface area contributed by atoms with Crippen molar-refractivity contribution in [2.45, 2.75) is 149 Å². The predicted octanol–water partition coefficient (Wildman–Crippen LogP) is 5.43. The second-order valence-corrected chi connectivity index (χ2v) is 15.7. The van der Waals surface area contributed by atoms with Gasteiger partial charge in [0.15, 0.2) is 0 Å². The van der Waals surface area contributed by atoms with Crippen LogP contribution in [-0.2, 0) is 35.1 Å². The number of likely N-dealkylation sites (tertiary alicyclic amines) is 1. The Bertz CT molecular complexity index is 1490. The Labute approximate surface area is 342 Å². The van der Waals surface area contributed by atoms with Crippen molar-refractivity contribution in [3.8, 4) is 0 Å². The second kappa shape index (κ2) is 24.2. The molecule has 0 spiro atoms. The van der Waals surface area contributed by atoms with Crippen molar-refractivity contribution in [3.05, 3.63) is 53.9 Å². The highest BCUT2D eigenvalue weighted by Gasteiger charge is 2.44. The van der Waals surface area contributed by atoms with Crippen LogP contribution in [-0.4, -0.2) is 114 Å². The SMILES string of the molecule is CC.CCC.CCC(C)C(C(CC(=O)N1CCCC1C(OC)C(C)C(=O)N[C@@H](Cc1ccccc1)c1ccn[nH]1)OC)N(C)C(=O)CNC(=O)C1NC2CCC1C2. The van der Waals surface area contributed by atoms with E-state index >= 15 is 0 Å². The Morgan fingerprint density at radius 1 is 1.00 bits per heavy atom. The first kappa shape index (κ1) is 47.6. The van der Waals surface area contributed by atoms with Gasteiger partial charge in [-0.15, -0.1) is 0 Å². The monoisotopic (exact) mass is 796 g/mol. The minimum Gasteiger partial charge on any atom is -0.379 e. The van der Waals surface area contributed by atoms with E-state index in [2.05, 4.69) is 53.8 Å². The lowest BCUT2D eigenvalue weighted by atomic mass is 9.90. The molecule has 4 N–H and O–H groups in total. The number of carbonyl (C=O) groups excluding carboxylic acids is 4. The van der Waals surface area contributed by atoms with Crippen LogP contribution in [0.1, 0.15) is 117 Å². The van der Waals surface area contributed by atoms with Crippen molar-refractivity contribution in [2.75, 3.05) is 34.4 Å². The number of ether oxygens (including phenoxy) is 2. The zero-order chi connectivity index (χ0) is 42.1. The van der Waals surface area contributed by atoms with Crippen molar-refractivity contribution >= 4 is 23.6 Å². The molecule has 9 unspecified atom stereocenters. The maximum absolute atomic E-state index is 14.1. The molecule has 3 fully saturated rings. The number of carbonyl (C=O) groups is 4. The number of nitrogens with one attached hydrogen (secondary N) is 4. The maximum atomic E-state index is 14.1. The average molecular weight is 796 g/mol. The fourth-order valence-corrected chi connectivity index (χ4v) is 8.73. The molecule has 3 aliphatic rings. The smallest absolute Gasteiger partial charge is 0.242 e. The molecule has 320 valence electrons. The first-order valence-electron chi connectivity index (χ1n) is 21.5. The molecule has 2 aromatic rings. The van der Waals surface area contributed by atoms with Crippen LogP contribution in [0.2, 0.25) is 0 Å². The van der Waals surface area contributed by atoms with Gasteiger partial charge in [0.2, 0.25) is 23.6 Å². The molecule has 4 amide bonds. The predicted molar refractivity (Wildman–Crippen MR) is 224 cm³/mol. The number of hydrogen-bond acceptors (Lipinski definition) is 8.